The molecule has 1 aliphatic rings. The van der Waals surface area contributed by atoms with Crippen LogP contribution < -0.4 is 9.47 Å². The van der Waals surface area contributed by atoms with Crippen molar-refractivity contribution < 1.29 is 19.0 Å². The lowest BCUT2D eigenvalue weighted by Crippen LogP contribution is -2.24. The van der Waals surface area contributed by atoms with E-state index in [9.17, 15) is 9.50 Å². The van der Waals surface area contributed by atoms with Crippen molar-refractivity contribution in [2.24, 2.45) is 0 Å². The molecule has 2 aromatic carbocycles. The van der Waals surface area contributed by atoms with Crippen LogP contribution >= 0.6 is 0 Å². The van der Waals surface area contributed by atoms with Crippen molar-refractivity contribution in [1.82, 2.24) is 4.90 Å². The fourth-order valence-electron chi connectivity index (χ4n) is 3.41. The maximum atomic E-state index is 13.6. The average molecular weight is 331 g/mol. The Bertz CT molecular complexity index is 707. The third-order valence-corrected chi connectivity index (χ3v) is 4.47. The lowest BCUT2D eigenvalue weighted by atomic mass is 10.0. The summed E-state index contributed by atoms with van der Waals surface area (Å²) in [4.78, 5) is 2.15. The Kier molecular flexibility index (Phi) is 5.02. The van der Waals surface area contributed by atoms with Crippen molar-refractivity contribution in [2.45, 2.75) is 25.1 Å². The second-order valence-electron chi connectivity index (χ2n) is 6.04. The van der Waals surface area contributed by atoms with Crippen LogP contribution in [-0.4, -0.2) is 36.9 Å². The molecule has 0 aromatic heterocycles. The first-order chi connectivity index (χ1) is 11.6. The normalized spacial score (nSPS) is 21.0. The van der Waals surface area contributed by atoms with E-state index in [1.165, 1.54) is 6.07 Å². The van der Waals surface area contributed by atoms with E-state index in [0.29, 0.717) is 31.0 Å². The molecule has 1 N–H and O–H groups in total. The first-order valence-corrected chi connectivity index (χ1v) is 7.99. The van der Waals surface area contributed by atoms with E-state index in [0.717, 1.165) is 11.1 Å². The molecule has 3 rings (SSSR count). The molecule has 0 radical (unpaired) electrons. The van der Waals surface area contributed by atoms with Gasteiger partial charge in [0.25, 0.3) is 0 Å². The van der Waals surface area contributed by atoms with Crippen LogP contribution in [-0.2, 0) is 6.54 Å². The number of para-hydroxylation sites is 1. The Morgan fingerprint density at radius 1 is 1.17 bits per heavy atom. The highest BCUT2D eigenvalue weighted by Crippen LogP contribution is 2.37. The molecule has 0 amide bonds. The summed E-state index contributed by atoms with van der Waals surface area (Å²) < 4.78 is 24.4. The SMILES string of the molecule is COc1cccc(CN2C[C@H](O)C[C@@H]2c2cccc(F)c2)c1OC. The van der Waals surface area contributed by atoms with E-state index in [2.05, 4.69) is 4.90 Å². The number of aliphatic hydroxyl groups is 1. The molecule has 5 heteroatoms. The minimum Gasteiger partial charge on any atom is -0.493 e. The Hall–Kier alpha value is -2.11. The average Bonchev–Trinajstić information content (AvgIpc) is 2.95. The highest BCUT2D eigenvalue weighted by atomic mass is 19.1. The van der Waals surface area contributed by atoms with Crippen LogP contribution in [0.25, 0.3) is 0 Å². The van der Waals surface area contributed by atoms with Crippen LogP contribution in [0.15, 0.2) is 42.5 Å². The van der Waals surface area contributed by atoms with E-state index in [4.69, 9.17) is 9.47 Å². The first kappa shape index (κ1) is 16.7. The van der Waals surface area contributed by atoms with Gasteiger partial charge in [0.05, 0.1) is 20.3 Å². The maximum Gasteiger partial charge on any atom is 0.165 e. The van der Waals surface area contributed by atoms with E-state index in [1.807, 2.05) is 24.3 Å². The molecule has 1 saturated heterocycles. The van der Waals surface area contributed by atoms with Crippen molar-refractivity contribution >= 4 is 0 Å². The molecule has 128 valence electrons. The van der Waals surface area contributed by atoms with Gasteiger partial charge in [0.15, 0.2) is 11.5 Å². The molecular formula is C19H22FNO3. The summed E-state index contributed by atoms with van der Waals surface area (Å²) in [5.74, 6) is 1.12. The third-order valence-electron chi connectivity index (χ3n) is 4.47. The van der Waals surface area contributed by atoms with Crippen molar-refractivity contribution in [3.8, 4) is 11.5 Å². The standard InChI is InChI=1S/C19H22FNO3/c1-23-18-8-4-6-14(19(18)24-2)11-21-12-16(22)10-17(21)13-5-3-7-15(20)9-13/h3-9,16-17,22H,10-12H2,1-2H3/t16-,17-/m1/s1. The smallest absolute Gasteiger partial charge is 0.165 e. The Labute approximate surface area is 141 Å². The van der Waals surface area contributed by atoms with Gasteiger partial charge >= 0.3 is 0 Å². The molecule has 2 aromatic rings. The zero-order valence-electron chi connectivity index (χ0n) is 13.9. The number of methoxy groups -OCH3 is 2. The van der Waals surface area contributed by atoms with Crippen LogP contribution in [0.1, 0.15) is 23.6 Å². The summed E-state index contributed by atoms with van der Waals surface area (Å²) in [7, 11) is 3.22. The van der Waals surface area contributed by atoms with E-state index >= 15 is 0 Å². The predicted molar refractivity (Wildman–Crippen MR) is 89.7 cm³/mol. The van der Waals surface area contributed by atoms with E-state index in [1.54, 1.807) is 26.4 Å². The van der Waals surface area contributed by atoms with Gasteiger partial charge in [-0.25, -0.2) is 4.39 Å². The monoisotopic (exact) mass is 331 g/mol. The summed E-state index contributed by atoms with van der Waals surface area (Å²) in [6.45, 7) is 1.14. The maximum absolute atomic E-state index is 13.6. The fourth-order valence-corrected chi connectivity index (χ4v) is 3.41. The molecular weight excluding hydrogens is 309 g/mol. The van der Waals surface area contributed by atoms with Crippen LogP contribution in [0.3, 0.4) is 0 Å². The third kappa shape index (κ3) is 3.37. The number of halogens is 1. The Balaban J connectivity index is 1.88. The molecule has 24 heavy (non-hydrogen) atoms. The van der Waals surface area contributed by atoms with E-state index in [-0.39, 0.29) is 11.9 Å². The molecule has 1 aliphatic heterocycles. The zero-order valence-corrected chi connectivity index (χ0v) is 13.9. The van der Waals surface area contributed by atoms with Gasteiger partial charge in [0.1, 0.15) is 5.82 Å². The summed E-state index contributed by atoms with van der Waals surface area (Å²) >= 11 is 0. The van der Waals surface area contributed by atoms with Gasteiger partial charge in [-0.2, -0.15) is 0 Å². The highest BCUT2D eigenvalue weighted by Gasteiger charge is 2.32. The van der Waals surface area contributed by atoms with Crippen molar-refractivity contribution in [3.05, 3.63) is 59.4 Å². The van der Waals surface area contributed by atoms with Gasteiger partial charge < -0.3 is 14.6 Å². The Morgan fingerprint density at radius 3 is 2.67 bits per heavy atom. The Morgan fingerprint density at radius 2 is 1.96 bits per heavy atom. The molecule has 0 bridgehead atoms. The second-order valence-corrected chi connectivity index (χ2v) is 6.04. The summed E-state index contributed by atoms with van der Waals surface area (Å²) in [6.07, 6.45) is 0.172. The fraction of sp³-hybridized carbons (Fsp3) is 0.368. The van der Waals surface area contributed by atoms with Crippen LogP contribution in [0.5, 0.6) is 11.5 Å². The molecule has 4 nitrogen and oxygen atoms in total. The molecule has 1 fully saturated rings. The van der Waals surface area contributed by atoms with Crippen molar-refractivity contribution in [1.29, 1.82) is 0 Å². The van der Waals surface area contributed by atoms with Gasteiger partial charge in [-0.3, -0.25) is 4.90 Å². The molecule has 0 spiro atoms. The molecule has 0 unspecified atom stereocenters. The molecule has 0 saturated carbocycles. The van der Waals surface area contributed by atoms with Crippen LogP contribution in [0.4, 0.5) is 4.39 Å². The lowest BCUT2D eigenvalue weighted by molar-refractivity contribution is 0.172. The number of likely N-dealkylation sites (tertiary alicyclic amines) is 1. The number of rotatable bonds is 5. The van der Waals surface area contributed by atoms with Crippen molar-refractivity contribution in [3.63, 3.8) is 0 Å². The van der Waals surface area contributed by atoms with Gasteiger partial charge in [-0.15, -0.1) is 0 Å². The van der Waals surface area contributed by atoms with Crippen LogP contribution in [0, 0.1) is 5.82 Å². The number of aliphatic hydroxyl groups excluding tert-OH is 1. The number of benzene rings is 2. The molecule has 2 atom stereocenters. The number of β-amino-alcohol motifs (C(OH)–C–C–N with tert-alkyl or cyclic N) is 1. The summed E-state index contributed by atoms with van der Waals surface area (Å²) in [5, 5.41) is 10.1. The molecule has 0 aliphatic carbocycles. The quantitative estimate of drug-likeness (QED) is 0.914. The highest BCUT2D eigenvalue weighted by molar-refractivity contribution is 5.46. The summed E-state index contributed by atoms with van der Waals surface area (Å²) in [6, 6.07) is 12.3. The predicted octanol–water partition coefficient (Wildman–Crippen LogP) is 3.15. The van der Waals surface area contributed by atoms with Gasteiger partial charge in [0, 0.05) is 24.7 Å². The minimum atomic E-state index is -0.421. The topological polar surface area (TPSA) is 41.9 Å². The second kappa shape index (κ2) is 7.20. The number of hydrogen-bond acceptors (Lipinski definition) is 4. The van der Waals surface area contributed by atoms with Gasteiger partial charge in [0.2, 0.25) is 0 Å². The van der Waals surface area contributed by atoms with E-state index < -0.39 is 6.10 Å². The van der Waals surface area contributed by atoms with Gasteiger partial charge in [-0.05, 0) is 30.2 Å². The zero-order chi connectivity index (χ0) is 17.1. The van der Waals surface area contributed by atoms with Crippen LogP contribution in [0.2, 0.25) is 0 Å². The molecule has 1 heterocycles. The number of hydrogen-bond donors (Lipinski definition) is 1. The minimum absolute atomic E-state index is 0.0217. The largest absolute Gasteiger partial charge is 0.493 e. The lowest BCUT2D eigenvalue weighted by Gasteiger charge is -2.25. The van der Waals surface area contributed by atoms with Gasteiger partial charge in [-0.1, -0.05) is 24.3 Å². The summed E-state index contributed by atoms with van der Waals surface area (Å²) in [5.41, 5.74) is 1.86. The first-order valence-electron chi connectivity index (χ1n) is 7.99. The number of nitrogens with zero attached hydrogens (tertiary/aromatic N) is 1. The van der Waals surface area contributed by atoms with Crippen molar-refractivity contribution in [2.75, 3.05) is 20.8 Å². The number of ether oxygens (including phenoxy) is 2.